The Balaban J connectivity index is 1.63. The summed E-state index contributed by atoms with van der Waals surface area (Å²) in [5.74, 6) is 1.58. The van der Waals surface area contributed by atoms with Gasteiger partial charge in [-0.15, -0.1) is 0 Å². The van der Waals surface area contributed by atoms with E-state index in [1.807, 2.05) is 69.3 Å². The van der Waals surface area contributed by atoms with E-state index >= 15 is 0 Å². The van der Waals surface area contributed by atoms with Crippen LogP contribution in [0.5, 0.6) is 5.75 Å². The number of nitrogens with one attached hydrogen (secondary N) is 1. The van der Waals surface area contributed by atoms with Crippen LogP contribution in [-0.4, -0.2) is 28.2 Å². The number of amides is 1. The molecule has 168 valence electrons. The molecule has 0 aliphatic carbocycles. The first-order chi connectivity index (χ1) is 15.9. The number of hydrogen-bond donors (Lipinski definition) is 1. The lowest BCUT2D eigenvalue weighted by Crippen LogP contribution is -2.16. The summed E-state index contributed by atoms with van der Waals surface area (Å²) < 4.78 is 5.68. The first kappa shape index (κ1) is 22.8. The molecule has 0 atom stereocenters. The number of carbonyl (C=O) groups is 1. The summed E-state index contributed by atoms with van der Waals surface area (Å²) in [5, 5.41) is 4.71. The van der Waals surface area contributed by atoms with Gasteiger partial charge in [-0.3, -0.25) is 4.79 Å². The van der Waals surface area contributed by atoms with Gasteiger partial charge in [0.25, 0.3) is 0 Å². The third kappa shape index (κ3) is 5.34. The quantitative estimate of drug-likeness (QED) is 0.259. The summed E-state index contributed by atoms with van der Waals surface area (Å²) in [4.78, 5) is 22.4. The summed E-state index contributed by atoms with van der Waals surface area (Å²) >= 11 is 1.41. The highest BCUT2D eigenvalue weighted by molar-refractivity contribution is 8.00. The van der Waals surface area contributed by atoms with Crippen molar-refractivity contribution in [3.8, 4) is 17.1 Å². The average molecular weight is 458 g/mol. The number of hydrogen-bond acceptors (Lipinski definition) is 5. The zero-order chi connectivity index (χ0) is 23.4. The van der Waals surface area contributed by atoms with Crippen LogP contribution in [0.15, 0.2) is 65.7 Å². The molecule has 1 aromatic heterocycles. The molecule has 33 heavy (non-hydrogen) atoms. The fraction of sp³-hybridized carbons (Fsp3) is 0.222. The number of aryl methyl sites for hydroxylation is 3. The summed E-state index contributed by atoms with van der Waals surface area (Å²) in [6.07, 6.45) is 0. The maximum absolute atomic E-state index is 12.8. The number of anilines is 1. The van der Waals surface area contributed by atoms with Crippen LogP contribution in [0.1, 0.15) is 23.6 Å². The second kappa shape index (κ2) is 10.0. The summed E-state index contributed by atoms with van der Waals surface area (Å²) in [5.41, 5.74) is 5.94. The molecule has 0 unspecified atom stereocenters. The van der Waals surface area contributed by atoms with Crippen molar-refractivity contribution >= 4 is 34.3 Å². The molecule has 3 aromatic carbocycles. The van der Waals surface area contributed by atoms with Gasteiger partial charge in [0.15, 0.2) is 5.82 Å². The lowest BCUT2D eigenvalue weighted by atomic mass is 10.1. The highest BCUT2D eigenvalue weighted by Gasteiger charge is 2.14. The van der Waals surface area contributed by atoms with Crippen molar-refractivity contribution < 1.29 is 9.53 Å². The number of nitrogens with zero attached hydrogens (tertiary/aromatic N) is 2. The molecule has 0 aliphatic heterocycles. The standard InChI is InChI=1S/C27H27N3O2S/c1-5-32-21-11-12-23-22(15-21)27(30-26(28-23)20-9-7-6-8-10-20)33-16-24(31)29-25-18(3)13-17(2)14-19(25)4/h6-15H,5,16H2,1-4H3,(H,29,31). The van der Waals surface area contributed by atoms with E-state index in [2.05, 4.69) is 24.4 Å². The molecule has 0 saturated carbocycles. The summed E-state index contributed by atoms with van der Waals surface area (Å²) in [6, 6.07) is 19.8. The number of aromatic nitrogens is 2. The van der Waals surface area contributed by atoms with Gasteiger partial charge in [-0.1, -0.05) is 59.8 Å². The molecule has 0 spiro atoms. The normalized spacial score (nSPS) is 10.9. The number of benzene rings is 3. The molecular formula is C27H27N3O2S. The number of thioether (sulfide) groups is 1. The molecule has 4 rings (SSSR count). The lowest BCUT2D eigenvalue weighted by Gasteiger charge is -2.13. The fourth-order valence-corrected chi connectivity index (χ4v) is 4.66. The molecule has 0 saturated heterocycles. The molecule has 1 amide bonds. The van der Waals surface area contributed by atoms with Gasteiger partial charge in [0, 0.05) is 16.6 Å². The van der Waals surface area contributed by atoms with Gasteiger partial charge in [0.2, 0.25) is 5.91 Å². The third-order valence-corrected chi connectivity index (χ3v) is 6.25. The highest BCUT2D eigenvalue weighted by atomic mass is 32.2. The minimum absolute atomic E-state index is 0.0657. The number of fused-ring (bicyclic) bond motifs is 1. The van der Waals surface area contributed by atoms with E-state index < -0.39 is 0 Å². The Morgan fingerprint density at radius 1 is 0.970 bits per heavy atom. The monoisotopic (exact) mass is 457 g/mol. The van der Waals surface area contributed by atoms with E-state index in [-0.39, 0.29) is 11.7 Å². The maximum Gasteiger partial charge on any atom is 0.234 e. The van der Waals surface area contributed by atoms with Gasteiger partial charge in [-0.25, -0.2) is 9.97 Å². The minimum atomic E-state index is -0.0657. The Morgan fingerprint density at radius 2 is 1.70 bits per heavy atom. The van der Waals surface area contributed by atoms with Crippen LogP contribution >= 0.6 is 11.8 Å². The van der Waals surface area contributed by atoms with Crippen molar-refractivity contribution in [3.63, 3.8) is 0 Å². The van der Waals surface area contributed by atoms with Crippen LogP contribution in [0, 0.1) is 20.8 Å². The van der Waals surface area contributed by atoms with Crippen LogP contribution in [0.2, 0.25) is 0 Å². The Kier molecular flexibility index (Phi) is 6.94. The van der Waals surface area contributed by atoms with E-state index in [1.165, 1.54) is 17.3 Å². The topological polar surface area (TPSA) is 64.1 Å². The fourth-order valence-electron chi connectivity index (χ4n) is 3.85. The van der Waals surface area contributed by atoms with Crippen LogP contribution in [-0.2, 0) is 4.79 Å². The van der Waals surface area contributed by atoms with Crippen LogP contribution in [0.4, 0.5) is 5.69 Å². The molecule has 4 aromatic rings. The number of rotatable bonds is 7. The van der Waals surface area contributed by atoms with Gasteiger partial charge >= 0.3 is 0 Å². The first-order valence-electron chi connectivity index (χ1n) is 10.9. The molecule has 0 bridgehead atoms. The van der Waals surface area contributed by atoms with Crippen LogP contribution in [0.25, 0.3) is 22.3 Å². The molecule has 0 fully saturated rings. The smallest absolute Gasteiger partial charge is 0.234 e. The summed E-state index contributed by atoms with van der Waals surface area (Å²) in [7, 11) is 0. The zero-order valence-corrected chi connectivity index (χ0v) is 20.1. The van der Waals surface area contributed by atoms with Crippen molar-refractivity contribution in [1.29, 1.82) is 0 Å². The molecule has 0 aliphatic rings. The first-order valence-corrected chi connectivity index (χ1v) is 11.9. The Hall–Kier alpha value is -3.38. The highest BCUT2D eigenvalue weighted by Crippen LogP contribution is 2.31. The van der Waals surface area contributed by atoms with E-state index in [9.17, 15) is 4.79 Å². The van der Waals surface area contributed by atoms with Crippen molar-refractivity contribution in [2.75, 3.05) is 17.7 Å². The van der Waals surface area contributed by atoms with Crippen molar-refractivity contribution in [3.05, 3.63) is 77.4 Å². The third-order valence-electron chi connectivity index (χ3n) is 5.26. The SMILES string of the molecule is CCOc1ccc2nc(-c3ccccc3)nc(SCC(=O)Nc3c(C)cc(C)cc3C)c2c1. The van der Waals surface area contributed by atoms with Gasteiger partial charge < -0.3 is 10.1 Å². The predicted molar refractivity (Wildman–Crippen MR) is 136 cm³/mol. The van der Waals surface area contributed by atoms with Gasteiger partial charge in [-0.2, -0.15) is 0 Å². The van der Waals surface area contributed by atoms with Crippen molar-refractivity contribution in [2.45, 2.75) is 32.7 Å². The van der Waals surface area contributed by atoms with E-state index in [0.29, 0.717) is 12.4 Å². The van der Waals surface area contributed by atoms with Gasteiger partial charge in [-0.05, 0) is 57.0 Å². The average Bonchev–Trinajstić information content (AvgIpc) is 2.80. The molecule has 5 nitrogen and oxygen atoms in total. The van der Waals surface area contributed by atoms with Crippen molar-refractivity contribution in [2.24, 2.45) is 0 Å². The second-order valence-electron chi connectivity index (χ2n) is 7.94. The molecule has 1 N–H and O–H groups in total. The molecule has 6 heteroatoms. The molecular weight excluding hydrogens is 430 g/mol. The number of carbonyl (C=O) groups excluding carboxylic acids is 1. The van der Waals surface area contributed by atoms with E-state index in [1.54, 1.807) is 0 Å². The van der Waals surface area contributed by atoms with Gasteiger partial charge in [0.05, 0.1) is 17.9 Å². The second-order valence-corrected chi connectivity index (χ2v) is 8.90. The van der Waals surface area contributed by atoms with Crippen LogP contribution in [0.3, 0.4) is 0 Å². The van der Waals surface area contributed by atoms with Crippen LogP contribution < -0.4 is 10.1 Å². The summed E-state index contributed by atoms with van der Waals surface area (Å²) in [6.45, 7) is 8.62. The maximum atomic E-state index is 12.8. The van der Waals surface area contributed by atoms with Crippen molar-refractivity contribution in [1.82, 2.24) is 9.97 Å². The van der Waals surface area contributed by atoms with Gasteiger partial charge in [0.1, 0.15) is 10.8 Å². The largest absolute Gasteiger partial charge is 0.494 e. The molecule has 1 heterocycles. The Bertz CT molecular complexity index is 1280. The predicted octanol–water partition coefficient (Wildman–Crippen LogP) is 6.35. The number of ether oxygens (including phenoxy) is 1. The molecule has 0 radical (unpaired) electrons. The Morgan fingerprint density at radius 3 is 2.39 bits per heavy atom. The minimum Gasteiger partial charge on any atom is -0.494 e. The van der Waals surface area contributed by atoms with E-state index in [0.717, 1.165) is 44.1 Å². The van der Waals surface area contributed by atoms with E-state index in [4.69, 9.17) is 14.7 Å². The Labute approximate surface area is 198 Å². The zero-order valence-electron chi connectivity index (χ0n) is 19.3. The lowest BCUT2D eigenvalue weighted by molar-refractivity contribution is -0.113.